The fraction of sp³-hybridized carbons (Fsp3) is 0.333. The van der Waals surface area contributed by atoms with Crippen LogP contribution in [0.5, 0.6) is 0 Å². The predicted molar refractivity (Wildman–Crippen MR) is 87.4 cm³/mol. The van der Waals surface area contributed by atoms with Crippen molar-refractivity contribution in [3.8, 4) is 0 Å². The highest BCUT2D eigenvalue weighted by atomic mass is 32.2. The van der Waals surface area contributed by atoms with Crippen LogP contribution in [0.4, 0.5) is 0 Å². The van der Waals surface area contributed by atoms with Gasteiger partial charge in [-0.25, -0.2) is 13.4 Å². The van der Waals surface area contributed by atoms with Crippen LogP contribution < -0.4 is 0 Å². The number of nitrogens with zero attached hydrogens (tertiary/aromatic N) is 4. The van der Waals surface area contributed by atoms with Crippen molar-refractivity contribution in [2.75, 3.05) is 7.05 Å². The predicted octanol–water partition coefficient (Wildman–Crippen LogP) is 2.16. The molecule has 3 rings (SSSR count). The molecule has 7 nitrogen and oxygen atoms in total. The number of sulfonamides is 1. The number of fused-ring (bicyclic) bond motifs is 1. The maximum atomic E-state index is 12.6. The van der Waals surface area contributed by atoms with Crippen LogP contribution in [0.1, 0.15) is 25.7 Å². The summed E-state index contributed by atoms with van der Waals surface area (Å²) in [6.07, 6.45) is 2.93. The standard InChI is InChI=1S/C15H19N5O2S/c1-11(2)20-9-12(8-16-20)23(21,22)19(3)10-15-17-13-6-4-5-7-14(13)18-15/h4-9,11H,10H2,1-3H3,(H,17,18). The van der Waals surface area contributed by atoms with Crippen molar-refractivity contribution in [1.29, 1.82) is 0 Å². The van der Waals surface area contributed by atoms with Gasteiger partial charge in [0.05, 0.1) is 23.8 Å². The summed E-state index contributed by atoms with van der Waals surface area (Å²) < 4.78 is 28.1. The molecule has 0 saturated carbocycles. The van der Waals surface area contributed by atoms with Gasteiger partial charge >= 0.3 is 0 Å². The zero-order valence-electron chi connectivity index (χ0n) is 13.3. The number of imidazole rings is 1. The van der Waals surface area contributed by atoms with Crippen molar-refractivity contribution >= 4 is 21.1 Å². The van der Waals surface area contributed by atoms with Crippen LogP contribution in [0, 0.1) is 0 Å². The molecule has 0 aliphatic rings. The molecule has 2 aromatic heterocycles. The minimum Gasteiger partial charge on any atom is -0.341 e. The second kappa shape index (κ2) is 5.78. The molecule has 0 atom stereocenters. The molecule has 8 heteroatoms. The largest absolute Gasteiger partial charge is 0.341 e. The summed E-state index contributed by atoms with van der Waals surface area (Å²) in [6, 6.07) is 7.71. The second-order valence-electron chi connectivity index (χ2n) is 5.71. The lowest BCUT2D eigenvalue weighted by atomic mass is 10.3. The highest BCUT2D eigenvalue weighted by Crippen LogP contribution is 2.18. The summed E-state index contributed by atoms with van der Waals surface area (Å²) in [7, 11) is -2.06. The van der Waals surface area contributed by atoms with Gasteiger partial charge in [-0.3, -0.25) is 4.68 Å². The summed E-state index contributed by atoms with van der Waals surface area (Å²) in [6.45, 7) is 4.06. The Labute approximate surface area is 135 Å². The van der Waals surface area contributed by atoms with E-state index in [2.05, 4.69) is 15.1 Å². The minimum absolute atomic E-state index is 0.111. The number of aromatic nitrogens is 4. The molecule has 0 aliphatic heterocycles. The van der Waals surface area contributed by atoms with E-state index in [-0.39, 0.29) is 17.5 Å². The van der Waals surface area contributed by atoms with E-state index in [0.717, 1.165) is 11.0 Å². The van der Waals surface area contributed by atoms with Crippen molar-refractivity contribution in [1.82, 2.24) is 24.1 Å². The van der Waals surface area contributed by atoms with E-state index in [9.17, 15) is 8.42 Å². The van der Waals surface area contributed by atoms with Gasteiger partial charge in [0.2, 0.25) is 10.0 Å². The third kappa shape index (κ3) is 2.99. The van der Waals surface area contributed by atoms with E-state index in [0.29, 0.717) is 5.82 Å². The minimum atomic E-state index is -3.60. The molecule has 0 amide bonds. The Morgan fingerprint density at radius 3 is 2.70 bits per heavy atom. The highest BCUT2D eigenvalue weighted by Gasteiger charge is 2.24. The van der Waals surface area contributed by atoms with Crippen LogP contribution in [0.2, 0.25) is 0 Å². The Morgan fingerprint density at radius 1 is 1.30 bits per heavy atom. The molecule has 0 bridgehead atoms. The first-order valence-electron chi connectivity index (χ1n) is 7.32. The Bertz CT molecular complexity index is 893. The molecule has 1 N–H and O–H groups in total. The Morgan fingerprint density at radius 2 is 2.04 bits per heavy atom. The van der Waals surface area contributed by atoms with Gasteiger partial charge in [-0.2, -0.15) is 9.40 Å². The van der Waals surface area contributed by atoms with Gasteiger partial charge in [0.1, 0.15) is 10.7 Å². The SMILES string of the molecule is CC(C)n1cc(S(=O)(=O)N(C)Cc2nc3ccccc3[nH]2)cn1. The molecule has 0 fully saturated rings. The zero-order chi connectivity index (χ0) is 16.6. The maximum absolute atomic E-state index is 12.6. The van der Waals surface area contributed by atoms with Gasteiger partial charge in [-0.05, 0) is 26.0 Å². The summed E-state index contributed by atoms with van der Waals surface area (Å²) in [5, 5.41) is 4.09. The van der Waals surface area contributed by atoms with Crippen LogP contribution in [0.15, 0.2) is 41.6 Å². The highest BCUT2D eigenvalue weighted by molar-refractivity contribution is 7.89. The van der Waals surface area contributed by atoms with Gasteiger partial charge in [-0.15, -0.1) is 0 Å². The number of aromatic amines is 1. The van der Waals surface area contributed by atoms with Crippen molar-refractivity contribution in [3.63, 3.8) is 0 Å². The normalized spacial score (nSPS) is 12.6. The Kier molecular flexibility index (Phi) is 3.95. The summed E-state index contributed by atoms with van der Waals surface area (Å²) in [5.74, 6) is 0.605. The molecule has 0 unspecified atom stereocenters. The Balaban J connectivity index is 1.84. The molecular weight excluding hydrogens is 314 g/mol. The van der Waals surface area contributed by atoms with Gasteiger partial charge in [0, 0.05) is 19.3 Å². The number of H-pyrrole nitrogens is 1. The molecule has 23 heavy (non-hydrogen) atoms. The van der Waals surface area contributed by atoms with Gasteiger partial charge in [-0.1, -0.05) is 12.1 Å². The number of hydrogen-bond acceptors (Lipinski definition) is 4. The van der Waals surface area contributed by atoms with E-state index in [1.807, 2.05) is 38.1 Å². The molecule has 2 heterocycles. The summed E-state index contributed by atoms with van der Waals surface area (Å²) in [5.41, 5.74) is 1.71. The molecule has 0 aliphatic carbocycles. The van der Waals surface area contributed by atoms with E-state index in [1.165, 1.54) is 17.5 Å². The summed E-state index contributed by atoms with van der Waals surface area (Å²) >= 11 is 0. The van der Waals surface area contributed by atoms with Crippen LogP contribution in [-0.4, -0.2) is 39.5 Å². The number of benzene rings is 1. The lowest BCUT2D eigenvalue weighted by Gasteiger charge is -2.14. The molecule has 1 aromatic carbocycles. The first kappa shape index (κ1) is 15.7. The monoisotopic (exact) mass is 333 g/mol. The molecule has 0 spiro atoms. The number of rotatable bonds is 5. The van der Waals surface area contributed by atoms with Crippen molar-refractivity contribution < 1.29 is 8.42 Å². The lowest BCUT2D eigenvalue weighted by molar-refractivity contribution is 0.458. The van der Waals surface area contributed by atoms with E-state index >= 15 is 0 Å². The zero-order valence-corrected chi connectivity index (χ0v) is 14.1. The van der Waals surface area contributed by atoms with E-state index in [1.54, 1.807) is 10.9 Å². The first-order chi connectivity index (χ1) is 10.9. The van der Waals surface area contributed by atoms with Crippen LogP contribution in [-0.2, 0) is 16.6 Å². The lowest BCUT2D eigenvalue weighted by Crippen LogP contribution is -2.26. The molecule has 3 aromatic rings. The van der Waals surface area contributed by atoms with E-state index < -0.39 is 10.0 Å². The average Bonchev–Trinajstić information content (AvgIpc) is 3.13. The number of para-hydroxylation sites is 2. The quantitative estimate of drug-likeness (QED) is 0.775. The third-order valence-corrected chi connectivity index (χ3v) is 5.38. The molecule has 122 valence electrons. The Hall–Kier alpha value is -2.19. The number of hydrogen-bond donors (Lipinski definition) is 1. The smallest absolute Gasteiger partial charge is 0.246 e. The topological polar surface area (TPSA) is 83.9 Å². The fourth-order valence-electron chi connectivity index (χ4n) is 2.29. The van der Waals surface area contributed by atoms with Crippen LogP contribution in [0.3, 0.4) is 0 Å². The molecule has 0 radical (unpaired) electrons. The average molecular weight is 333 g/mol. The number of nitrogens with one attached hydrogen (secondary N) is 1. The van der Waals surface area contributed by atoms with E-state index in [4.69, 9.17) is 0 Å². The second-order valence-corrected chi connectivity index (χ2v) is 7.76. The third-order valence-electron chi connectivity index (χ3n) is 3.63. The fourth-order valence-corrected chi connectivity index (χ4v) is 3.37. The van der Waals surface area contributed by atoms with Crippen LogP contribution >= 0.6 is 0 Å². The molecular formula is C15H19N5O2S. The summed E-state index contributed by atoms with van der Waals surface area (Å²) in [4.78, 5) is 7.73. The van der Waals surface area contributed by atoms with Gasteiger partial charge in [0.25, 0.3) is 0 Å². The van der Waals surface area contributed by atoms with Crippen LogP contribution in [0.25, 0.3) is 11.0 Å². The first-order valence-corrected chi connectivity index (χ1v) is 8.76. The van der Waals surface area contributed by atoms with Crippen molar-refractivity contribution in [2.24, 2.45) is 0 Å². The molecule has 0 saturated heterocycles. The van der Waals surface area contributed by atoms with Crippen molar-refractivity contribution in [3.05, 3.63) is 42.5 Å². The van der Waals surface area contributed by atoms with Gasteiger partial charge in [0.15, 0.2) is 0 Å². The van der Waals surface area contributed by atoms with Crippen molar-refractivity contribution in [2.45, 2.75) is 31.3 Å². The van der Waals surface area contributed by atoms with Gasteiger partial charge < -0.3 is 4.98 Å². The maximum Gasteiger partial charge on any atom is 0.246 e.